The van der Waals surface area contributed by atoms with E-state index in [-0.39, 0.29) is 99.8 Å². The van der Waals surface area contributed by atoms with Gasteiger partial charge in [-0.2, -0.15) is 63.2 Å². The Morgan fingerprint density at radius 3 is 0.966 bits per heavy atom. The number of halogens is 14. The summed E-state index contributed by atoms with van der Waals surface area (Å²) in [5.74, 6) is 0.0759. The highest BCUT2D eigenvalue weighted by molar-refractivity contribution is 7.19. The molecular formula is C96H120Cl3F11N24O11S3. The number of ether oxygens (including phenoxy) is 3. The van der Waals surface area contributed by atoms with Crippen LogP contribution in [0.3, 0.4) is 0 Å². The number of carboxylic acids is 1. The summed E-state index contributed by atoms with van der Waals surface area (Å²) in [6.45, 7) is 24.6. The lowest BCUT2D eigenvalue weighted by Crippen LogP contribution is -2.47. The predicted molar refractivity (Wildman–Crippen MR) is 545 cm³/mol. The van der Waals surface area contributed by atoms with Crippen LogP contribution >= 0.6 is 68.8 Å². The number of amides is 6. The smallest absolute Gasteiger partial charge is 0.407 e. The fourth-order valence-corrected chi connectivity index (χ4v) is 21.2. The van der Waals surface area contributed by atoms with E-state index >= 15 is 0 Å². The number of carboxylic acid groups (broad SMARTS) is 1. The highest BCUT2D eigenvalue weighted by atomic mass is 35.5. The fraction of sp³-hybridized carbons (Fsp3) is 0.531. The molecule has 3 aliphatic carbocycles. The number of thiophene rings is 3. The molecule has 806 valence electrons. The first-order chi connectivity index (χ1) is 69.5. The maximum Gasteiger partial charge on any atom is 0.407 e. The van der Waals surface area contributed by atoms with Crippen LogP contribution in [0, 0.1) is 28.1 Å². The van der Waals surface area contributed by atoms with E-state index in [2.05, 4.69) is 107 Å². The van der Waals surface area contributed by atoms with Gasteiger partial charge in [-0.1, -0.05) is 0 Å². The van der Waals surface area contributed by atoms with E-state index in [9.17, 15) is 81.9 Å². The molecule has 3 spiro atoms. The van der Waals surface area contributed by atoms with E-state index in [0.29, 0.717) is 136 Å². The van der Waals surface area contributed by atoms with E-state index < -0.39 is 84.6 Å². The normalized spacial score (nSPS) is 18.8. The number of pyridine rings is 4. The molecule has 52 heteroatoms. The summed E-state index contributed by atoms with van der Waals surface area (Å²) in [4.78, 5) is 130. The second-order valence-corrected chi connectivity index (χ2v) is 44.1. The third-order valence-electron chi connectivity index (χ3n) is 23.7. The van der Waals surface area contributed by atoms with E-state index in [1.807, 2.05) is 20.8 Å². The largest absolute Gasteiger partial charge is 0.478 e. The molecule has 3 saturated heterocycles. The van der Waals surface area contributed by atoms with Crippen LogP contribution in [0.4, 0.5) is 91.8 Å². The average Bonchev–Trinajstić information content (AvgIpc) is 1.60. The van der Waals surface area contributed by atoms with Gasteiger partial charge in [0.2, 0.25) is 27.7 Å². The van der Waals surface area contributed by atoms with E-state index in [4.69, 9.17) is 71.3 Å². The topological polar surface area (TPSA) is 480 Å². The van der Waals surface area contributed by atoms with E-state index in [0.717, 1.165) is 168 Å². The number of hydrogen-bond donors (Lipinski definition) is 12. The van der Waals surface area contributed by atoms with Crippen LogP contribution in [0.15, 0.2) is 91.5 Å². The standard InChI is InChI=1S/C29H35ClF3N7O3S.C24H27ClF3N7OS.C15H16ClF3N4S.C14H20FN3O3.C8H18N2O2.C6H4FNO2/c1-27(2,3)43-26(42)35-9-4-8-34-23(41)17-5-6-21(36-15-17)37-18-12-28(13-18)7-10-40(16-28)22-20-11-19(14-29(31,32)33)44-24(20)39-25(30)38-22;25-22-33-19(17-8-16(11-24(26,27)28)37-21(17)34-22)35-7-4-23(13-35)9-15(10-23)32-18-3-2-14(12-31-18)20(36)30-6-1-5-29;16-13-21-11(23-2-1-14(7-23)4-8(20)5-14)10-3-9(6-15(17,18)19)24-12(10)22-13;1-14(2,3)21-13(20)17-8-4-7-16-12(19)10-5-6-11(15)18-9-10;1-8(2,3)12-7(11)10-6-4-5-9;7-5-2-1-4(3-8-5)6(9)10/h5-6,11,15,18H,4,7-10,12-14,16H2,1-3H3,(H,34,41)(H,35,42)(H,36,37);2-3,8,12,15H,1,4-7,9-11,13,29H2,(H,30,36)(H,31,32);3,8H,1-2,4-7,20H2;5-6,9H,4,7-8H2,1-3H3,(H,16,19)(H,17,20);4-6,9H2,1-3H3,(H,10,11);1-3H,(H,9,10). The number of carbonyl (C=O) groups excluding carboxylic acids is 6. The number of carbonyl (C=O) groups is 7. The molecule has 10 aromatic rings. The van der Waals surface area contributed by atoms with Crippen LogP contribution in [-0.2, 0) is 33.5 Å². The van der Waals surface area contributed by atoms with Crippen LogP contribution in [0.1, 0.15) is 202 Å². The summed E-state index contributed by atoms with van der Waals surface area (Å²) in [5, 5.41) is 33.3. The molecule has 15 N–H and O–H groups in total. The molecular weight excluding hydrogens is 2080 g/mol. The van der Waals surface area contributed by atoms with Crippen molar-refractivity contribution in [2.75, 3.05) is 117 Å². The zero-order valence-electron chi connectivity index (χ0n) is 82.7. The van der Waals surface area contributed by atoms with Crippen molar-refractivity contribution in [2.24, 2.45) is 33.4 Å². The summed E-state index contributed by atoms with van der Waals surface area (Å²) in [6, 6.07) is 17.1. The van der Waals surface area contributed by atoms with Crippen LogP contribution in [0.5, 0.6) is 0 Å². The maximum absolute atomic E-state index is 13.0. The first-order valence-electron chi connectivity index (χ1n) is 47.6. The van der Waals surface area contributed by atoms with Crippen molar-refractivity contribution in [1.82, 2.24) is 81.7 Å². The van der Waals surface area contributed by atoms with Gasteiger partial charge in [-0.3, -0.25) is 14.4 Å². The number of alkyl halides is 9. The molecule has 0 radical (unpaired) electrons. The number of hydrogen-bond acceptors (Lipinski definition) is 31. The minimum absolute atomic E-state index is 0.0126. The zero-order valence-corrected chi connectivity index (χ0v) is 87.4. The fourth-order valence-electron chi connectivity index (χ4n) is 17.4. The van der Waals surface area contributed by atoms with Gasteiger partial charge in [0.05, 0.1) is 57.7 Å². The van der Waals surface area contributed by atoms with Crippen molar-refractivity contribution >= 4 is 171 Å². The number of aromatic nitrogens is 10. The monoisotopic (exact) mass is 2190 g/mol. The lowest BCUT2D eigenvalue weighted by Gasteiger charge is -2.45. The summed E-state index contributed by atoms with van der Waals surface area (Å²) in [5.41, 5.74) is 16.7. The van der Waals surface area contributed by atoms with Crippen molar-refractivity contribution in [2.45, 2.75) is 219 Å². The number of rotatable bonds is 28. The van der Waals surface area contributed by atoms with Crippen molar-refractivity contribution in [1.29, 1.82) is 0 Å². The van der Waals surface area contributed by atoms with Gasteiger partial charge in [0.15, 0.2) is 0 Å². The number of fused-ring (bicyclic) bond motifs is 3. The van der Waals surface area contributed by atoms with Gasteiger partial charge in [0.1, 0.15) is 60.4 Å². The molecule has 6 aliphatic rings. The average molecular weight is 2200 g/mol. The number of nitrogens with zero attached hydrogens (tertiary/aromatic N) is 13. The van der Waals surface area contributed by atoms with Gasteiger partial charge in [0.25, 0.3) is 17.7 Å². The Morgan fingerprint density at radius 2 is 0.696 bits per heavy atom. The number of aromatic carboxylic acids is 1. The van der Waals surface area contributed by atoms with Crippen molar-refractivity contribution in [3.63, 3.8) is 0 Å². The van der Waals surface area contributed by atoms with Crippen molar-refractivity contribution in [3.8, 4) is 0 Å². The highest BCUT2D eigenvalue weighted by Crippen LogP contribution is 2.54. The summed E-state index contributed by atoms with van der Waals surface area (Å²) in [6.07, 6.45) is -0.654. The van der Waals surface area contributed by atoms with Crippen LogP contribution < -0.4 is 74.4 Å². The Bertz CT molecular complexity index is 6170. The molecule has 3 aliphatic heterocycles. The molecule has 148 heavy (non-hydrogen) atoms. The molecule has 3 saturated carbocycles. The third kappa shape index (κ3) is 36.7. The minimum atomic E-state index is -4.30. The van der Waals surface area contributed by atoms with Gasteiger partial charge in [-0.05, 0) is 277 Å². The molecule has 0 atom stereocenters. The highest BCUT2D eigenvalue weighted by Gasteiger charge is 2.52. The first kappa shape index (κ1) is 117. The zero-order chi connectivity index (χ0) is 108. The SMILES string of the molecule is CC(C)(C)OC(=O)NCCCN.CC(C)(C)OC(=O)NCCCNC(=O)c1ccc(F)nc1.CC(C)(C)OC(=O)NCCCNC(=O)c1ccc(NC2CC3(CCN(c4nc(Cl)nc5sc(CC(F)(F)F)cc45)C3)C2)nc1.NC1CC2(CCN(c3nc(Cl)nc4sc(CC(F)(F)F)cc34)C2)C1.NCCCNC(=O)c1ccc(NC2CC3(CCN(c4nc(Cl)nc5sc(CC(F)(F)F)cc45)C3)C2)nc1.O=C(O)c1ccc(F)nc1. The minimum Gasteiger partial charge on any atom is -0.478 e. The van der Waals surface area contributed by atoms with Gasteiger partial charge < -0.3 is 93.8 Å². The number of nitrogens with two attached hydrogens (primary N) is 3. The van der Waals surface area contributed by atoms with Crippen LogP contribution in [0.25, 0.3) is 30.6 Å². The molecule has 16 rings (SSSR count). The summed E-state index contributed by atoms with van der Waals surface area (Å²) in [7, 11) is 0. The number of anilines is 5. The second-order valence-electron chi connectivity index (χ2n) is 39.8. The lowest BCUT2D eigenvalue weighted by molar-refractivity contribution is -0.127. The third-order valence-corrected chi connectivity index (χ3v) is 27.3. The van der Waals surface area contributed by atoms with Crippen molar-refractivity contribution in [3.05, 3.63) is 156 Å². The number of nitrogens with one attached hydrogen (secondary N) is 8. The van der Waals surface area contributed by atoms with Gasteiger partial charge in [-0.15, -0.1) is 34.0 Å². The second kappa shape index (κ2) is 50.8. The molecule has 0 aromatic carbocycles. The Morgan fingerprint density at radius 1 is 0.412 bits per heavy atom. The van der Waals surface area contributed by atoms with Gasteiger partial charge >= 0.3 is 42.8 Å². The molecule has 0 unspecified atom stereocenters. The van der Waals surface area contributed by atoms with E-state index in [1.165, 1.54) is 24.5 Å². The Hall–Kier alpha value is -11.6. The lowest BCUT2D eigenvalue weighted by atomic mass is 9.65. The molecule has 6 fully saturated rings. The maximum atomic E-state index is 13.0. The molecule has 35 nitrogen and oxygen atoms in total. The Labute approximate surface area is 873 Å². The van der Waals surface area contributed by atoms with E-state index in [1.54, 1.807) is 84.1 Å². The van der Waals surface area contributed by atoms with Crippen LogP contribution in [-0.4, -0.2) is 242 Å². The number of alkyl carbamates (subject to hydrolysis) is 3. The first-order valence-corrected chi connectivity index (χ1v) is 51.2. The Balaban J connectivity index is 0.000000180. The Kier molecular flexibility index (Phi) is 40.0. The van der Waals surface area contributed by atoms with Crippen LogP contribution in [0.2, 0.25) is 15.9 Å². The molecule has 10 aromatic heterocycles. The molecule has 6 amide bonds. The molecule has 0 bridgehead atoms. The quantitative estimate of drug-likeness (QED) is 0.00712. The van der Waals surface area contributed by atoms with Gasteiger partial charge in [0, 0.05) is 136 Å². The van der Waals surface area contributed by atoms with Gasteiger partial charge in [-0.25, -0.2) is 54.1 Å². The summed E-state index contributed by atoms with van der Waals surface area (Å²) >= 11 is 21.3. The summed E-state index contributed by atoms with van der Waals surface area (Å²) < 4.78 is 156. The predicted octanol–water partition coefficient (Wildman–Crippen LogP) is 17.8. The van der Waals surface area contributed by atoms with Crippen molar-refractivity contribution < 1.29 is 101 Å². The molecule has 13 heterocycles.